The van der Waals surface area contributed by atoms with E-state index >= 15 is 0 Å². The van der Waals surface area contributed by atoms with Crippen molar-refractivity contribution >= 4 is 23.9 Å². The highest BCUT2D eigenvalue weighted by atomic mass is 32.2. The van der Waals surface area contributed by atoms with Gasteiger partial charge in [-0.25, -0.2) is 19.6 Å². The number of nitrogens with one attached hydrogen (secondary N) is 2. The topological polar surface area (TPSA) is 153 Å². The summed E-state index contributed by atoms with van der Waals surface area (Å²) < 4.78 is 34.9. The number of carbonyl (C=O) groups excluding carboxylic acids is 2. The molecular formula is C41H54N6O8S. The van der Waals surface area contributed by atoms with Crippen LogP contribution in [-0.2, 0) is 18.9 Å². The Labute approximate surface area is 332 Å². The monoisotopic (exact) mass is 790 g/mol. The zero-order valence-electron chi connectivity index (χ0n) is 33.6. The number of likely N-dealkylation sites (tertiary alicyclic amines) is 1. The van der Waals surface area contributed by atoms with Gasteiger partial charge in [0, 0.05) is 37.6 Å². The molecule has 0 saturated carbocycles. The van der Waals surface area contributed by atoms with E-state index in [-0.39, 0.29) is 30.9 Å². The van der Waals surface area contributed by atoms with Crippen molar-refractivity contribution in [3.8, 4) is 45.1 Å². The molecule has 0 radical (unpaired) electrons. The Balaban J connectivity index is 1.29. The second-order valence-corrected chi connectivity index (χ2v) is 16.7. The van der Waals surface area contributed by atoms with E-state index in [1.807, 2.05) is 77.9 Å². The van der Waals surface area contributed by atoms with Gasteiger partial charge in [-0.1, -0.05) is 24.3 Å². The molecule has 2 atom stereocenters. The number of thioether (sulfide) groups is 1. The summed E-state index contributed by atoms with van der Waals surface area (Å²) in [6, 6.07) is 11.7. The van der Waals surface area contributed by atoms with Crippen LogP contribution in [0, 0.1) is 0 Å². The molecule has 2 aromatic heterocycles. The molecule has 0 bridgehead atoms. The first-order chi connectivity index (χ1) is 26.8. The lowest BCUT2D eigenvalue weighted by Crippen LogP contribution is -2.37. The molecule has 4 aromatic rings. The van der Waals surface area contributed by atoms with Crippen LogP contribution >= 0.6 is 11.8 Å². The minimum absolute atomic E-state index is 0.210. The van der Waals surface area contributed by atoms with Gasteiger partial charge < -0.3 is 38.4 Å². The molecule has 6 rings (SSSR count). The number of aromatic amines is 2. The van der Waals surface area contributed by atoms with Crippen molar-refractivity contribution in [2.24, 2.45) is 0 Å². The van der Waals surface area contributed by atoms with E-state index in [0.717, 1.165) is 58.1 Å². The standard InChI is InChI=1S/C41H54N6O8S/c1-40(2,3)54-38(48)46-17-9-10-32(46)36-43-23-31(45-36)29-16-15-28(34(52-20-18-50-7)35(29)53-21-19-51-8)26-11-13-27(14-12-26)30-22-42-37(44-30)33-24-56-25-47(33)39(49)55-41(4,5)6/h11-16,22-23,32-33H,9-10,17-21,24-25H2,1-8H3,(H,42,44)(H,43,45)/t32-,33?/m0/s1. The van der Waals surface area contributed by atoms with E-state index in [1.165, 1.54) is 0 Å². The molecule has 2 aromatic carbocycles. The van der Waals surface area contributed by atoms with E-state index < -0.39 is 11.2 Å². The van der Waals surface area contributed by atoms with Gasteiger partial charge in [0.15, 0.2) is 11.5 Å². The number of benzene rings is 2. The molecule has 302 valence electrons. The summed E-state index contributed by atoms with van der Waals surface area (Å²) in [6.45, 7) is 13.1. The highest BCUT2D eigenvalue weighted by molar-refractivity contribution is 7.99. The predicted octanol–water partition coefficient (Wildman–Crippen LogP) is 8.24. The summed E-state index contributed by atoms with van der Waals surface area (Å²) in [4.78, 5) is 45.8. The van der Waals surface area contributed by atoms with Crippen molar-refractivity contribution < 1.29 is 38.0 Å². The summed E-state index contributed by atoms with van der Waals surface area (Å²) in [5.74, 6) is 3.76. The van der Waals surface area contributed by atoms with Gasteiger partial charge in [-0.3, -0.25) is 9.80 Å². The number of hydrogen-bond acceptors (Lipinski definition) is 11. The number of carbonyl (C=O) groups is 2. The number of hydrogen-bond donors (Lipinski definition) is 2. The first-order valence-electron chi connectivity index (χ1n) is 18.9. The van der Waals surface area contributed by atoms with Crippen molar-refractivity contribution in [1.29, 1.82) is 0 Å². The van der Waals surface area contributed by atoms with Gasteiger partial charge in [-0.05, 0) is 77.6 Å². The lowest BCUT2D eigenvalue weighted by molar-refractivity contribution is 0.0213. The van der Waals surface area contributed by atoms with E-state index in [0.29, 0.717) is 49.6 Å². The van der Waals surface area contributed by atoms with Gasteiger partial charge >= 0.3 is 12.2 Å². The van der Waals surface area contributed by atoms with Crippen LogP contribution in [0.1, 0.15) is 78.1 Å². The maximum atomic E-state index is 13.1. The molecule has 2 aliphatic rings. The maximum Gasteiger partial charge on any atom is 0.411 e. The van der Waals surface area contributed by atoms with Crippen LogP contribution in [0.15, 0.2) is 48.8 Å². The molecule has 0 aliphatic carbocycles. The van der Waals surface area contributed by atoms with Crippen LogP contribution in [0.3, 0.4) is 0 Å². The molecule has 2 aliphatic heterocycles. The number of methoxy groups -OCH3 is 2. The zero-order valence-corrected chi connectivity index (χ0v) is 34.4. The summed E-state index contributed by atoms with van der Waals surface area (Å²) in [6.07, 6.45) is 4.49. The number of rotatable bonds is 13. The Morgan fingerprint density at radius 3 is 1.88 bits per heavy atom. The smallest absolute Gasteiger partial charge is 0.411 e. The van der Waals surface area contributed by atoms with Gasteiger partial charge in [0.1, 0.15) is 42.1 Å². The normalized spacial score (nSPS) is 17.4. The molecule has 15 heteroatoms. The van der Waals surface area contributed by atoms with Gasteiger partial charge in [-0.15, -0.1) is 11.8 Å². The third kappa shape index (κ3) is 9.79. The second-order valence-electron chi connectivity index (χ2n) is 15.7. The lowest BCUT2D eigenvalue weighted by atomic mass is 9.98. The van der Waals surface area contributed by atoms with E-state index in [9.17, 15) is 9.59 Å². The van der Waals surface area contributed by atoms with Gasteiger partial charge in [-0.2, -0.15) is 0 Å². The number of nitrogens with zero attached hydrogens (tertiary/aromatic N) is 4. The van der Waals surface area contributed by atoms with Crippen molar-refractivity contribution in [3.63, 3.8) is 0 Å². The molecule has 2 fully saturated rings. The van der Waals surface area contributed by atoms with Crippen molar-refractivity contribution in [2.45, 2.75) is 77.7 Å². The van der Waals surface area contributed by atoms with Crippen molar-refractivity contribution in [2.75, 3.05) is 58.8 Å². The number of imidazole rings is 2. The molecule has 56 heavy (non-hydrogen) atoms. The summed E-state index contributed by atoms with van der Waals surface area (Å²) in [5, 5.41) is 0. The highest BCUT2D eigenvalue weighted by Gasteiger charge is 2.37. The van der Waals surface area contributed by atoms with Gasteiger partial charge in [0.05, 0.1) is 48.9 Å². The first-order valence-corrected chi connectivity index (χ1v) is 20.1. The summed E-state index contributed by atoms with van der Waals surface area (Å²) >= 11 is 1.67. The van der Waals surface area contributed by atoms with Crippen LogP contribution in [0.25, 0.3) is 33.6 Å². The van der Waals surface area contributed by atoms with Crippen LogP contribution in [0.4, 0.5) is 9.59 Å². The van der Waals surface area contributed by atoms with Crippen LogP contribution in [0.5, 0.6) is 11.5 Å². The Morgan fingerprint density at radius 1 is 0.714 bits per heavy atom. The van der Waals surface area contributed by atoms with Gasteiger partial charge in [0.25, 0.3) is 0 Å². The van der Waals surface area contributed by atoms with Gasteiger partial charge in [0.2, 0.25) is 0 Å². The highest BCUT2D eigenvalue weighted by Crippen LogP contribution is 2.46. The number of ether oxygens (including phenoxy) is 6. The Morgan fingerprint density at radius 2 is 1.25 bits per heavy atom. The Bertz CT molecular complexity index is 1950. The molecule has 14 nitrogen and oxygen atoms in total. The minimum atomic E-state index is -0.599. The molecular weight excluding hydrogens is 737 g/mol. The number of aromatic nitrogens is 4. The quantitative estimate of drug-likeness (QED) is 0.126. The Kier molecular flexibility index (Phi) is 12.9. The van der Waals surface area contributed by atoms with E-state index in [4.69, 9.17) is 33.4 Å². The summed E-state index contributed by atoms with van der Waals surface area (Å²) in [7, 11) is 3.26. The molecule has 1 unspecified atom stereocenters. The number of H-pyrrole nitrogens is 2. The SMILES string of the molecule is COCCOc1c(-c2ccc(-c3cnc(C4CSCN4C(=O)OC(C)(C)C)[nH]3)cc2)ccc(-c2cnc([C@@H]3CCCN3C(=O)OC(C)(C)C)[nH]2)c1OCCOC. The first kappa shape index (κ1) is 40.9. The Hall–Kier alpha value is -4.73. The fourth-order valence-corrected chi connectivity index (χ4v) is 7.78. The molecule has 2 amide bonds. The molecule has 2 saturated heterocycles. The molecule has 2 N–H and O–H groups in total. The maximum absolute atomic E-state index is 13.1. The number of amides is 2. The van der Waals surface area contributed by atoms with Crippen LogP contribution in [-0.4, -0.2) is 112 Å². The molecule has 4 heterocycles. The van der Waals surface area contributed by atoms with Crippen molar-refractivity contribution in [1.82, 2.24) is 29.7 Å². The molecule has 0 spiro atoms. The fourth-order valence-electron chi connectivity index (χ4n) is 6.63. The summed E-state index contributed by atoms with van der Waals surface area (Å²) in [5.41, 5.74) is 3.82. The predicted molar refractivity (Wildman–Crippen MR) is 215 cm³/mol. The average Bonchev–Trinajstić information content (AvgIpc) is 3.97. The third-order valence-electron chi connectivity index (χ3n) is 9.19. The second kappa shape index (κ2) is 17.6. The van der Waals surface area contributed by atoms with Crippen molar-refractivity contribution in [3.05, 3.63) is 60.4 Å². The van der Waals surface area contributed by atoms with E-state index in [1.54, 1.807) is 48.2 Å². The minimum Gasteiger partial charge on any atom is -0.487 e. The van der Waals surface area contributed by atoms with Crippen LogP contribution < -0.4 is 9.47 Å². The average molecular weight is 791 g/mol. The third-order valence-corrected chi connectivity index (χ3v) is 10.2. The largest absolute Gasteiger partial charge is 0.487 e. The van der Waals surface area contributed by atoms with Crippen LogP contribution in [0.2, 0.25) is 0 Å². The fraction of sp³-hybridized carbons (Fsp3) is 0.512. The lowest BCUT2D eigenvalue weighted by Gasteiger charge is -2.27. The van der Waals surface area contributed by atoms with E-state index in [2.05, 4.69) is 15.0 Å². The zero-order chi connectivity index (χ0) is 40.0.